The van der Waals surface area contributed by atoms with E-state index in [0.29, 0.717) is 12.3 Å². The topological polar surface area (TPSA) is 38.3 Å². The number of carbonyl (C=O) groups is 1. The third-order valence-electron chi connectivity index (χ3n) is 2.56. The summed E-state index contributed by atoms with van der Waals surface area (Å²) in [4.78, 5) is 11.6. The number of aryl methyl sites for hydroxylation is 1. The molecule has 0 fully saturated rings. The highest BCUT2D eigenvalue weighted by atomic mass is 79.9. The molecule has 1 N–H and O–H groups in total. The zero-order valence-electron chi connectivity index (χ0n) is 11.1. The summed E-state index contributed by atoms with van der Waals surface area (Å²) in [6.07, 6.45) is 1.26. The maximum absolute atomic E-state index is 11.6. The number of halogens is 1. The van der Waals surface area contributed by atoms with E-state index in [4.69, 9.17) is 4.74 Å². The monoisotopic (exact) mass is 313 g/mol. The Balaban J connectivity index is 2.43. The van der Waals surface area contributed by atoms with Crippen LogP contribution in [0, 0.1) is 5.92 Å². The Bertz CT molecular complexity index is 405. The summed E-state index contributed by atoms with van der Waals surface area (Å²) in [5.41, 5.74) is 1.13. The zero-order valence-corrected chi connectivity index (χ0v) is 12.7. The van der Waals surface area contributed by atoms with Gasteiger partial charge in [-0.05, 0) is 46.0 Å². The number of benzene rings is 1. The lowest BCUT2D eigenvalue weighted by molar-refractivity contribution is -0.121. The average Bonchev–Trinajstić information content (AvgIpc) is 2.34. The highest BCUT2D eigenvalue weighted by Gasteiger charge is 2.05. The van der Waals surface area contributed by atoms with Gasteiger partial charge in [0.1, 0.15) is 5.75 Å². The molecule has 0 spiro atoms. The van der Waals surface area contributed by atoms with Crippen molar-refractivity contribution in [3.63, 3.8) is 0 Å². The van der Waals surface area contributed by atoms with Crippen LogP contribution in [-0.4, -0.2) is 19.6 Å². The molecular formula is C14H20BrNO2. The van der Waals surface area contributed by atoms with Crippen molar-refractivity contribution >= 4 is 21.8 Å². The average molecular weight is 314 g/mol. The third-order valence-corrected chi connectivity index (χ3v) is 3.18. The number of carbonyl (C=O) groups excluding carboxylic acids is 1. The quantitative estimate of drug-likeness (QED) is 0.876. The van der Waals surface area contributed by atoms with Gasteiger partial charge in [0.25, 0.3) is 0 Å². The molecule has 4 heteroatoms. The molecule has 100 valence electrons. The van der Waals surface area contributed by atoms with E-state index in [1.807, 2.05) is 18.2 Å². The van der Waals surface area contributed by atoms with E-state index in [0.717, 1.165) is 28.8 Å². The number of hydrogen-bond donors (Lipinski definition) is 1. The first kappa shape index (κ1) is 15.0. The molecule has 1 amide bonds. The molecule has 0 bridgehead atoms. The first-order valence-corrected chi connectivity index (χ1v) is 6.91. The lowest BCUT2D eigenvalue weighted by atomic mass is 10.1. The van der Waals surface area contributed by atoms with Crippen LogP contribution in [0.25, 0.3) is 0 Å². The Labute approximate surface area is 117 Å². The van der Waals surface area contributed by atoms with E-state index < -0.39 is 0 Å². The summed E-state index contributed by atoms with van der Waals surface area (Å²) in [5.74, 6) is 1.41. The van der Waals surface area contributed by atoms with Crippen LogP contribution in [0.4, 0.5) is 0 Å². The molecule has 0 aliphatic rings. The molecule has 1 aromatic rings. The summed E-state index contributed by atoms with van der Waals surface area (Å²) in [7, 11) is 1.64. The van der Waals surface area contributed by atoms with E-state index >= 15 is 0 Å². The van der Waals surface area contributed by atoms with Crippen molar-refractivity contribution in [1.29, 1.82) is 0 Å². The summed E-state index contributed by atoms with van der Waals surface area (Å²) in [5, 5.41) is 2.91. The number of nitrogens with one attached hydrogen (secondary N) is 1. The molecule has 0 aromatic heterocycles. The van der Waals surface area contributed by atoms with Crippen molar-refractivity contribution in [2.75, 3.05) is 13.7 Å². The number of hydrogen-bond acceptors (Lipinski definition) is 2. The Morgan fingerprint density at radius 2 is 2.17 bits per heavy atom. The summed E-state index contributed by atoms with van der Waals surface area (Å²) < 4.78 is 6.09. The Morgan fingerprint density at radius 3 is 2.72 bits per heavy atom. The van der Waals surface area contributed by atoms with Crippen molar-refractivity contribution in [2.45, 2.75) is 26.7 Å². The van der Waals surface area contributed by atoms with Gasteiger partial charge in [0.15, 0.2) is 0 Å². The van der Waals surface area contributed by atoms with Gasteiger partial charge in [0, 0.05) is 13.0 Å². The Morgan fingerprint density at radius 1 is 1.44 bits per heavy atom. The Kier molecular flexibility index (Phi) is 6.19. The fourth-order valence-electron chi connectivity index (χ4n) is 1.53. The third kappa shape index (κ3) is 5.08. The lowest BCUT2D eigenvalue weighted by Gasteiger charge is -2.08. The van der Waals surface area contributed by atoms with Crippen LogP contribution in [0.2, 0.25) is 0 Å². The zero-order chi connectivity index (χ0) is 13.5. The molecule has 0 heterocycles. The van der Waals surface area contributed by atoms with Crippen molar-refractivity contribution < 1.29 is 9.53 Å². The normalized spacial score (nSPS) is 10.5. The molecule has 0 radical (unpaired) electrons. The van der Waals surface area contributed by atoms with Crippen molar-refractivity contribution in [3.8, 4) is 5.75 Å². The van der Waals surface area contributed by atoms with Gasteiger partial charge in [0.2, 0.25) is 5.91 Å². The molecule has 0 saturated carbocycles. The van der Waals surface area contributed by atoms with Crippen molar-refractivity contribution in [3.05, 3.63) is 28.2 Å². The van der Waals surface area contributed by atoms with Gasteiger partial charge < -0.3 is 10.1 Å². The lowest BCUT2D eigenvalue weighted by Crippen LogP contribution is -2.27. The van der Waals surface area contributed by atoms with Gasteiger partial charge in [-0.25, -0.2) is 0 Å². The summed E-state index contributed by atoms with van der Waals surface area (Å²) in [6.45, 7) is 4.91. The first-order valence-electron chi connectivity index (χ1n) is 6.12. The van der Waals surface area contributed by atoms with Crippen molar-refractivity contribution in [1.82, 2.24) is 5.32 Å². The van der Waals surface area contributed by atoms with Crippen LogP contribution in [0.1, 0.15) is 25.8 Å². The van der Waals surface area contributed by atoms with E-state index in [1.54, 1.807) is 7.11 Å². The second-order valence-corrected chi connectivity index (χ2v) is 5.52. The molecule has 3 nitrogen and oxygen atoms in total. The van der Waals surface area contributed by atoms with Crippen LogP contribution in [0.5, 0.6) is 5.75 Å². The van der Waals surface area contributed by atoms with Crippen LogP contribution in [0.15, 0.2) is 22.7 Å². The standard InChI is InChI=1S/C14H20BrNO2/c1-10(2)9-16-14(17)7-5-11-4-6-13(18-3)12(15)8-11/h4,6,8,10H,5,7,9H2,1-3H3,(H,16,17). The number of ether oxygens (including phenoxy) is 1. The molecule has 0 unspecified atom stereocenters. The maximum atomic E-state index is 11.6. The summed E-state index contributed by atoms with van der Waals surface area (Å²) in [6, 6.07) is 5.89. The fraction of sp³-hybridized carbons (Fsp3) is 0.500. The van der Waals surface area contributed by atoms with E-state index in [1.165, 1.54) is 0 Å². The van der Waals surface area contributed by atoms with Gasteiger partial charge in [0.05, 0.1) is 11.6 Å². The van der Waals surface area contributed by atoms with Crippen LogP contribution in [0.3, 0.4) is 0 Å². The van der Waals surface area contributed by atoms with Crippen LogP contribution in [-0.2, 0) is 11.2 Å². The van der Waals surface area contributed by atoms with Gasteiger partial charge >= 0.3 is 0 Å². The van der Waals surface area contributed by atoms with E-state index in [-0.39, 0.29) is 5.91 Å². The molecule has 0 saturated heterocycles. The van der Waals surface area contributed by atoms with E-state index in [9.17, 15) is 4.79 Å². The smallest absolute Gasteiger partial charge is 0.220 e. The fourth-order valence-corrected chi connectivity index (χ4v) is 2.12. The van der Waals surface area contributed by atoms with Crippen LogP contribution < -0.4 is 10.1 Å². The van der Waals surface area contributed by atoms with Crippen molar-refractivity contribution in [2.24, 2.45) is 5.92 Å². The SMILES string of the molecule is COc1ccc(CCC(=O)NCC(C)C)cc1Br. The van der Waals surface area contributed by atoms with Gasteiger partial charge in [-0.3, -0.25) is 4.79 Å². The molecule has 0 aliphatic heterocycles. The number of amides is 1. The highest BCUT2D eigenvalue weighted by molar-refractivity contribution is 9.10. The second-order valence-electron chi connectivity index (χ2n) is 4.67. The first-order chi connectivity index (χ1) is 8.52. The molecule has 18 heavy (non-hydrogen) atoms. The molecule has 0 aliphatic carbocycles. The van der Waals surface area contributed by atoms with Gasteiger partial charge in [-0.15, -0.1) is 0 Å². The Hall–Kier alpha value is -1.03. The minimum absolute atomic E-state index is 0.107. The van der Waals surface area contributed by atoms with Crippen LogP contribution >= 0.6 is 15.9 Å². The summed E-state index contributed by atoms with van der Waals surface area (Å²) >= 11 is 3.44. The number of methoxy groups -OCH3 is 1. The maximum Gasteiger partial charge on any atom is 0.220 e. The molecule has 1 rings (SSSR count). The highest BCUT2D eigenvalue weighted by Crippen LogP contribution is 2.25. The van der Waals surface area contributed by atoms with Gasteiger partial charge in [-0.2, -0.15) is 0 Å². The minimum atomic E-state index is 0.107. The van der Waals surface area contributed by atoms with E-state index in [2.05, 4.69) is 35.1 Å². The second kappa shape index (κ2) is 7.41. The predicted octanol–water partition coefficient (Wildman–Crippen LogP) is 3.16. The molecular weight excluding hydrogens is 294 g/mol. The predicted molar refractivity (Wildman–Crippen MR) is 76.9 cm³/mol. The largest absolute Gasteiger partial charge is 0.496 e. The minimum Gasteiger partial charge on any atom is -0.496 e. The van der Waals surface area contributed by atoms with Gasteiger partial charge in [-0.1, -0.05) is 19.9 Å². The molecule has 0 atom stereocenters. The number of rotatable bonds is 6. The molecule has 1 aromatic carbocycles.